The smallest absolute Gasteiger partial charge is 0.329 e. The van der Waals surface area contributed by atoms with Crippen LogP contribution in [-0.4, -0.2) is 25.7 Å². The fraction of sp³-hybridized carbons (Fsp3) is 0.286. The number of hydrogen-bond acceptors (Lipinski definition) is 4. The molecule has 1 atom stereocenters. The molecule has 0 N–H and O–H groups in total. The summed E-state index contributed by atoms with van der Waals surface area (Å²) in [6.45, 7) is 0.262. The molecule has 1 fully saturated rings. The van der Waals surface area contributed by atoms with Crippen LogP contribution in [-0.2, 0) is 7.05 Å². The van der Waals surface area contributed by atoms with E-state index < -0.39 is 11.8 Å². The van der Waals surface area contributed by atoms with Gasteiger partial charge in [-0.3, -0.25) is 14.1 Å². The van der Waals surface area contributed by atoms with Gasteiger partial charge in [0.1, 0.15) is 18.2 Å². The molecule has 2 aliphatic rings. The Morgan fingerprint density at radius 1 is 1.17 bits per heavy atom. The Balaban J connectivity index is 1.77. The van der Waals surface area contributed by atoms with Crippen molar-refractivity contribution in [3.63, 3.8) is 0 Å². The van der Waals surface area contributed by atoms with Gasteiger partial charge in [-0.1, -0.05) is 0 Å². The van der Waals surface area contributed by atoms with Gasteiger partial charge in [-0.2, -0.15) is 4.39 Å². The lowest BCUT2D eigenvalue weighted by atomic mass is 10.0. The normalized spacial score (nSPS) is 18.4. The van der Waals surface area contributed by atoms with Crippen LogP contribution in [0.15, 0.2) is 35.4 Å². The molecule has 3 aromatic heterocycles. The van der Waals surface area contributed by atoms with Gasteiger partial charge in [0.05, 0.1) is 39.7 Å². The van der Waals surface area contributed by atoms with E-state index in [0.717, 1.165) is 12.8 Å². The van der Waals surface area contributed by atoms with Crippen molar-refractivity contribution in [2.24, 2.45) is 13.0 Å². The second kappa shape index (κ2) is 5.62. The highest BCUT2D eigenvalue weighted by Crippen LogP contribution is 2.47. The summed E-state index contributed by atoms with van der Waals surface area (Å²) in [6, 6.07) is 3.87. The maximum atomic E-state index is 15.1. The van der Waals surface area contributed by atoms with Crippen molar-refractivity contribution in [3.05, 3.63) is 52.8 Å². The number of benzene rings is 1. The molecule has 0 spiro atoms. The Hall–Kier alpha value is -3.29. The standard InChI is InChI=1S/C21H16F2N4O2/c1-26-14-8-24-13-6-12(22)17(11-4-5-16(23)25-7-11)20-18(13)19(14)27(21(26)28)15(9-29-20)10-2-3-10/h4-8,10,15H,2-3,9H2,1H3. The second-order valence-corrected chi connectivity index (χ2v) is 7.75. The SMILES string of the molecule is Cn1c(=O)n2c3c4c(c(-c5ccc(F)nc5)c(F)cc4ncc31)OCC2C1CC1. The first-order valence-corrected chi connectivity index (χ1v) is 9.51. The number of halogens is 2. The Labute approximate surface area is 163 Å². The summed E-state index contributed by atoms with van der Waals surface area (Å²) in [7, 11) is 1.72. The van der Waals surface area contributed by atoms with Gasteiger partial charge in [-0.05, 0) is 30.9 Å². The van der Waals surface area contributed by atoms with Gasteiger partial charge < -0.3 is 4.74 Å². The lowest BCUT2D eigenvalue weighted by molar-refractivity contribution is 0.239. The minimum Gasteiger partial charge on any atom is -0.490 e. The van der Waals surface area contributed by atoms with Crippen LogP contribution in [0.4, 0.5) is 8.78 Å². The van der Waals surface area contributed by atoms with Crippen LogP contribution in [0, 0.1) is 17.7 Å². The molecule has 6 nitrogen and oxygen atoms in total. The van der Waals surface area contributed by atoms with Crippen molar-refractivity contribution < 1.29 is 13.5 Å². The monoisotopic (exact) mass is 394 g/mol. The molecule has 4 aromatic rings. The molecular formula is C21H16F2N4O2. The van der Waals surface area contributed by atoms with E-state index in [4.69, 9.17) is 4.74 Å². The first-order chi connectivity index (χ1) is 14.0. The average Bonchev–Trinajstić information content (AvgIpc) is 3.52. The van der Waals surface area contributed by atoms with Gasteiger partial charge in [-0.25, -0.2) is 14.2 Å². The van der Waals surface area contributed by atoms with Crippen LogP contribution < -0.4 is 10.4 Å². The summed E-state index contributed by atoms with van der Waals surface area (Å²) >= 11 is 0. The quantitative estimate of drug-likeness (QED) is 0.488. The van der Waals surface area contributed by atoms with Crippen LogP contribution in [0.25, 0.3) is 33.1 Å². The molecule has 0 bridgehead atoms. The summed E-state index contributed by atoms with van der Waals surface area (Å²) in [5.74, 6) is -0.482. The Kier molecular flexibility index (Phi) is 3.23. The summed E-state index contributed by atoms with van der Waals surface area (Å²) in [5, 5.41) is 0.601. The van der Waals surface area contributed by atoms with Crippen LogP contribution in [0.2, 0.25) is 0 Å². The van der Waals surface area contributed by atoms with E-state index in [0.29, 0.717) is 39.2 Å². The summed E-state index contributed by atoms with van der Waals surface area (Å²) in [5.41, 5.74) is 2.29. The van der Waals surface area contributed by atoms with E-state index in [1.165, 1.54) is 24.4 Å². The molecular weight excluding hydrogens is 378 g/mol. The fourth-order valence-electron chi connectivity index (χ4n) is 4.43. The number of aromatic nitrogens is 4. The van der Waals surface area contributed by atoms with Crippen molar-refractivity contribution >= 4 is 21.9 Å². The first-order valence-electron chi connectivity index (χ1n) is 9.51. The third kappa shape index (κ3) is 2.22. The Morgan fingerprint density at radius 2 is 2.00 bits per heavy atom. The predicted octanol–water partition coefficient (Wildman–Crippen LogP) is 3.57. The number of pyridine rings is 2. The maximum Gasteiger partial charge on any atom is 0.329 e. The summed E-state index contributed by atoms with van der Waals surface area (Å²) < 4.78 is 38.0. The molecule has 4 heterocycles. The number of ether oxygens (including phenoxy) is 1. The Morgan fingerprint density at radius 3 is 2.72 bits per heavy atom. The van der Waals surface area contributed by atoms with E-state index in [9.17, 15) is 9.18 Å². The highest BCUT2D eigenvalue weighted by atomic mass is 19.1. The third-order valence-electron chi connectivity index (χ3n) is 6.03. The van der Waals surface area contributed by atoms with Gasteiger partial charge in [0.15, 0.2) is 0 Å². The van der Waals surface area contributed by atoms with Crippen molar-refractivity contribution in [2.45, 2.75) is 18.9 Å². The summed E-state index contributed by atoms with van der Waals surface area (Å²) in [6.07, 6.45) is 4.95. The zero-order valence-electron chi connectivity index (χ0n) is 15.5. The molecule has 6 rings (SSSR count). The molecule has 8 heteroatoms. The first kappa shape index (κ1) is 16.6. The topological polar surface area (TPSA) is 61.9 Å². The van der Waals surface area contributed by atoms with Gasteiger partial charge in [0, 0.05) is 24.9 Å². The molecule has 1 aromatic carbocycles. The van der Waals surface area contributed by atoms with Crippen molar-refractivity contribution in [2.75, 3.05) is 6.61 Å². The van der Waals surface area contributed by atoms with Crippen LogP contribution in [0.5, 0.6) is 5.75 Å². The molecule has 29 heavy (non-hydrogen) atoms. The van der Waals surface area contributed by atoms with Crippen LogP contribution >= 0.6 is 0 Å². The van der Waals surface area contributed by atoms with Crippen LogP contribution in [0.3, 0.4) is 0 Å². The highest BCUT2D eigenvalue weighted by molar-refractivity contribution is 6.09. The number of imidazole rings is 1. The molecule has 1 aliphatic carbocycles. The van der Waals surface area contributed by atoms with E-state index in [1.54, 1.807) is 22.4 Å². The number of nitrogens with zero attached hydrogens (tertiary/aromatic N) is 4. The second-order valence-electron chi connectivity index (χ2n) is 7.75. The third-order valence-corrected chi connectivity index (χ3v) is 6.03. The van der Waals surface area contributed by atoms with Gasteiger partial charge in [-0.15, -0.1) is 0 Å². The lowest BCUT2D eigenvalue weighted by Crippen LogP contribution is -2.30. The zero-order chi connectivity index (χ0) is 19.9. The minimum absolute atomic E-state index is 0.119. The zero-order valence-corrected chi connectivity index (χ0v) is 15.5. The average molecular weight is 394 g/mol. The van der Waals surface area contributed by atoms with Gasteiger partial charge in [0.25, 0.3) is 0 Å². The lowest BCUT2D eigenvalue weighted by Gasteiger charge is -2.17. The van der Waals surface area contributed by atoms with Crippen LogP contribution in [0.1, 0.15) is 18.9 Å². The van der Waals surface area contributed by atoms with Crippen molar-refractivity contribution in [1.82, 2.24) is 19.1 Å². The number of aryl methyl sites for hydroxylation is 1. The van der Waals surface area contributed by atoms with E-state index in [1.807, 2.05) is 0 Å². The highest BCUT2D eigenvalue weighted by Gasteiger charge is 2.38. The van der Waals surface area contributed by atoms with Crippen molar-refractivity contribution in [3.8, 4) is 16.9 Å². The maximum absolute atomic E-state index is 15.1. The molecule has 0 amide bonds. The van der Waals surface area contributed by atoms with Crippen molar-refractivity contribution in [1.29, 1.82) is 0 Å². The van der Waals surface area contributed by atoms with E-state index in [-0.39, 0.29) is 23.9 Å². The molecule has 146 valence electrons. The Bertz CT molecular complexity index is 1370. The predicted molar refractivity (Wildman–Crippen MR) is 103 cm³/mol. The molecule has 1 aliphatic heterocycles. The molecule has 0 saturated heterocycles. The number of hydrogen-bond donors (Lipinski definition) is 0. The fourth-order valence-corrected chi connectivity index (χ4v) is 4.43. The van der Waals surface area contributed by atoms with Gasteiger partial charge in [0.2, 0.25) is 5.95 Å². The molecule has 1 saturated carbocycles. The molecule has 1 unspecified atom stereocenters. The van der Waals surface area contributed by atoms with E-state index >= 15 is 4.39 Å². The van der Waals surface area contributed by atoms with E-state index in [2.05, 4.69) is 9.97 Å². The largest absolute Gasteiger partial charge is 0.490 e. The molecule has 0 radical (unpaired) electrons. The minimum atomic E-state index is -0.642. The number of rotatable bonds is 2. The summed E-state index contributed by atoms with van der Waals surface area (Å²) in [4.78, 5) is 21.1. The van der Waals surface area contributed by atoms with Gasteiger partial charge >= 0.3 is 5.69 Å².